The highest BCUT2D eigenvalue weighted by molar-refractivity contribution is 8.00. The van der Waals surface area contributed by atoms with Crippen molar-refractivity contribution in [3.05, 3.63) is 23.8 Å². The summed E-state index contributed by atoms with van der Waals surface area (Å²) in [6.45, 7) is 6.58. The van der Waals surface area contributed by atoms with E-state index in [0.29, 0.717) is 0 Å². The predicted molar refractivity (Wildman–Crippen MR) is 81.8 cm³/mol. The first kappa shape index (κ1) is 16.1. The minimum Gasteiger partial charge on any atom is -0.497 e. The molecule has 108 valence electrons. The molecule has 0 saturated heterocycles. The first-order chi connectivity index (χ1) is 8.89. The Hall–Kier alpha value is -0.910. The third-order valence-electron chi connectivity index (χ3n) is 2.66. The van der Waals surface area contributed by atoms with E-state index in [2.05, 4.69) is 26.2 Å². The highest BCUT2D eigenvalue weighted by Crippen LogP contribution is 2.31. The number of methoxy groups -OCH3 is 2. The number of hydrogen-bond donors (Lipinski definition) is 2. The summed E-state index contributed by atoms with van der Waals surface area (Å²) in [7, 11) is 3.29. The Kier molecular flexibility index (Phi) is 5.97. The number of nitrogens with one attached hydrogen (secondary N) is 1. The minimum atomic E-state index is 0.0632. The molecule has 1 unspecified atom stereocenters. The van der Waals surface area contributed by atoms with Crippen LogP contribution in [0.3, 0.4) is 0 Å². The zero-order chi connectivity index (χ0) is 14.5. The third-order valence-corrected chi connectivity index (χ3v) is 4.03. The Morgan fingerprint density at radius 2 is 1.68 bits per heavy atom. The summed E-state index contributed by atoms with van der Waals surface area (Å²) in [5, 5.41) is 0. The van der Waals surface area contributed by atoms with Crippen molar-refractivity contribution in [1.82, 2.24) is 5.43 Å². The Balaban J connectivity index is 2.90. The van der Waals surface area contributed by atoms with Gasteiger partial charge >= 0.3 is 0 Å². The molecule has 0 aliphatic rings. The van der Waals surface area contributed by atoms with Crippen molar-refractivity contribution in [3.8, 4) is 11.5 Å². The third kappa shape index (κ3) is 5.30. The molecule has 0 amide bonds. The van der Waals surface area contributed by atoms with Gasteiger partial charge in [-0.3, -0.25) is 11.3 Å². The molecule has 1 rings (SSSR count). The zero-order valence-corrected chi connectivity index (χ0v) is 13.1. The van der Waals surface area contributed by atoms with Crippen LogP contribution >= 0.6 is 11.8 Å². The molecule has 0 aromatic heterocycles. The lowest BCUT2D eigenvalue weighted by molar-refractivity contribution is 0.392. The van der Waals surface area contributed by atoms with Crippen molar-refractivity contribution in [2.75, 3.05) is 20.0 Å². The smallest absolute Gasteiger partial charge is 0.122 e. The van der Waals surface area contributed by atoms with E-state index in [4.69, 9.17) is 15.3 Å². The maximum absolute atomic E-state index is 5.67. The van der Waals surface area contributed by atoms with Gasteiger partial charge in [0.05, 0.1) is 20.3 Å². The van der Waals surface area contributed by atoms with Gasteiger partial charge in [0.15, 0.2) is 0 Å². The van der Waals surface area contributed by atoms with Gasteiger partial charge < -0.3 is 9.47 Å². The molecule has 0 bridgehead atoms. The van der Waals surface area contributed by atoms with E-state index in [1.165, 1.54) is 0 Å². The molecule has 3 N–H and O–H groups in total. The van der Waals surface area contributed by atoms with Crippen LogP contribution < -0.4 is 20.7 Å². The van der Waals surface area contributed by atoms with Crippen molar-refractivity contribution in [2.45, 2.75) is 31.6 Å². The maximum Gasteiger partial charge on any atom is 0.122 e. The molecular weight excluding hydrogens is 260 g/mol. The lowest BCUT2D eigenvalue weighted by Crippen LogP contribution is -2.30. The molecule has 0 fully saturated rings. The predicted octanol–water partition coefficient (Wildman–Crippen LogP) is 2.74. The molecule has 1 atom stereocenters. The van der Waals surface area contributed by atoms with E-state index in [9.17, 15) is 0 Å². The van der Waals surface area contributed by atoms with Gasteiger partial charge in [-0.25, -0.2) is 0 Å². The number of ether oxygens (including phenoxy) is 2. The molecule has 0 aliphatic carbocycles. The van der Waals surface area contributed by atoms with E-state index in [-0.39, 0.29) is 10.8 Å². The van der Waals surface area contributed by atoms with E-state index >= 15 is 0 Å². The summed E-state index contributed by atoms with van der Waals surface area (Å²) in [6.07, 6.45) is 0. The maximum atomic E-state index is 5.67. The van der Waals surface area contributed by atoms with Crippen LogP contribution in [0.5, 0.6) is 11.5 Å². The average Bonchev–Trinajstić information content (AvgIpc) is 2.37. The summed E-state index contributed by atoms with van der Waals surface area (Å²) in [4.78, 5) is 0. The van der Waals surface area contributed by atoms with Crippen LogP contribution in [0.4, 0.5) is 0 Å². The zero-order valence-electron chi connectivity index (χ0n) is 12.3. The van der Waals surface area contributed by atoms with Crippen LogP contribution in [-0.4, -0.2) is 24.7 Å². The molecule has 0 spiro atoms. The van der Waals surface area contributed by atoms with Crippen molar-refractivity contribution >= 4 is 11.8 Å². The number of hydrazine groups is 1. The standard InChI is InChI=1S/C14H24N2O2S/c1-14(2,3)19-9-13(16-15)10-6-11(17-4)8-12(7-10)18-5/h6-8,13,16H,9,15H2,1-5H3. The van der Waals surface area contributed by atoms with Crippen LogP contribution in [-0.2, 0) is 0 Å². The molecule has 0 saturated carbocycles. The lowest BCUT2D eigenvalue weighted by Gasteiger charge is -2.23. The molecular formula is C14H24N2O2S. The van der Waals surface area contributed by atoms with Crippen LogP contribution in [0.2, 0.25) is 0 Å². The first-order valence-corrected chi connectivity index (χ1v) is 7.21. The quantitative estimate of drug-likeness (QED) is 0.621. The fourth-order valence-corrected chi connectivity index (χ4v) is 2.56. The highest BCUT2D eigenvalue weighted by Gasteiger charge is 2.17. The molecule has 4 nitrogen and oxygen atoms in total. The first-order valence-electron chi connectivity index (χ1n) is 6.22. The second-order valence-electron chi connectivity index (χ2n) is 5.29. The summed E-state index contributed by atoms with van der Waals surface area (Å²) in [6, 6.07) is 5.88. The van der Waals surface area contributed by atoms with Crippen LogP contribution in [0.25, 0.3) is 0 Å². The highest BCUT2D eigenvalue weighted by atomic mass is 32.2. The second kappa shape index (κ2) is 7.03. The van der Waals surface area contributed by atoms with Crippen molar-refractivity contribution in [2.24, 2.45) is 5.84 Å². The van der Waals surface area contributed by atoms with E-state index in [1.54, 1.807) is 14.2 Å². The van der Waals surface area contributed by atoms with Gasteiger partial charge in [0.2, 0.25) is 0 Å². The normalized spacial score (nSPS) is 13.2. The number of benzene rings is 1. The fourth-order valence-electron chi connectivity index (χ4n) is 1.60. The summed E-state index contributed by atoms with van der Waals surface area (Å²) in [5.41, 5.74) is 3.93. The molecule has 1 aromatic rings. The number of rotatable bonds is 6. The van der Waals surface area contributed by atoms with Gasteiger partial charge in [-0.05, 0) is 17.7 Å². The van der Waals surface area contributed by atoms with E-state index in [1.807, 2.05) is 30.0 Å². The summed E-state index contributed by atoms with van der Waals surface area (Å²) >= 11 is 1.86. The molecule has 5 heteroatoms. The Labute approximate surface area is 120 Å². The van der Waals surface area contributed by atoms with E-state index in [0.717, 1.165) is 22.8 Å². The molecule has 0 aliphatic heterocycles. The molecule has 0 heterocycles. The number of nitrogens with two attached hydrogens (primary N) is 1. The van der Waals surface area contributed by atoms with Gasteiger partial charge in [-0.15, -0.1) is 0 Å². The SMILES string of the molecule is COc1cc(OC)cc(C(CSC(C)(C)C)NN)c1. The Morgan fingerprint density at radius 1 is 1.16 bits per heavy atom. The van der Waals surface area contributed by atoms with Gasteiger partial charge in [-0.2, -0.15) is 11.8 Å². The van der Waals surface area contributed by atoms with E-state index < -0.39 is 0 Å². The summed E-state index contributed by atoms with van der Waals surface area (Å²) in [5.74, 6) is 8.10. The fraction of sp³-hybridized carbons (Fsp3) is 0.571. The van der Waals surface area contributed by atoms with Crippen molar-refractivity contribution in [3.63, 3.8) is 0 Å². The van der Waals surface area contributed by atoms with Gasteiger partial charge in [-0.1, -0.05) is 20.8 Å². The van der Waals surface area contributed by atoms with Crippen molar-refractivity contribution in [1.29, 1.82) is 0 Å². The number of hydrogen-bond acceptors (Lipinski definition) is 5. The van der Waals surface area contributed by atoms with Crippen LogP contribution in [0.1, 0.15) is 32.4 Å². The molecule has 19 heavy (non-hydrogen) atoms. The van der Waals surface area contributed by atoms with Crippen LogP contribution in [0.15, 0.2) is 18.2 Å². The Morgan fingerprint density at radius 3 is 2.05 bits per heavy atom. The molecule has 1 aromatic carbocycles. The van der Waals surface area contributed by atoms with Crippen LogP contribution in [0, 0.1) is 0 Å². The monoisotopic (exact) mass is 284 g/mol. The molecule has 0 radical (unpaired) electrons. The van der Waals surface area contributed by atoms with Gasteiger partial charge in [0.1, 0.15) is 11.5 Å². The topological polar surface area (TPSA) is 56.5 Å². The number of thioether (sulfide) groups is 1. The Bertz CT molecular complexity index is 383. The van der Waals surface area contributed by atoms with Gasteiger partial charge in [0.25, 0.3) is 0 Å². The second-order valence-corrected chi connectivity index (χ2v) is 7.14. The van der Waals surface area contributed by atoms with Gasteiger partial charge in [0, 0.05) is 16.6 Å². The lowest BCUT2D eigenvalue weighted by atomic mass is 10.1. The largest absolute Gasteiger partial charge is 0.497 e. The average molecular weight is 284 g/mol. The summed E-state index contributed by atoms with van der Waals surface area (Å²) < 4.78 is 10.8. The minimum absolute atomic E-state index is 0.0632. The van der Waals surface area contributed by atoms with Crippen molar-refractivity contribution < 1.29 is 9.47 Å².